The molecule has 9 heteroatoms. The van der Waals surface area contributed by atoms with Crippen LogP contribution in [0.5, 0.6) is 0 Å². The minimum Gasteiger partial charge on any atom is -0.369 e. The topological polar surface area (TPSA) is 133 Å². The zero-order valence-electron chi connectivity index (χ0n) is 10.4. The predicted molar refractivity (Wildman–Crippen MR) is 71.8 cm³/mol. The monoisotopic (exact) mass is 300 g/mol. The smallest absolute Gasteiger partial charge is 0.288 e. The van der Waals surface area contributed by atoms with E-state index >= 15 is 0 Å². The van der Waals surface area contributed by atoms with Gasteiger partial charge in [-0.15, -0.1) is 0 Å². The third-order valence-electron chi connectivity index (χ3n) is 2.37. The van der Waals surface area contributed by atoms with E-state index in [1.54, 1.807) is 6.07 Å². The van der Waals surface area contributed by atoms with E-state index in [1.165, 1.54) is 17.0 Å². The Balaban J connectivity index is 2.92. The minimum atomic E-state index is -0.630. The Morgan fingerprint density at radius 2 is 1.80 bits per heavy atom. The van der Waals surface area contributed by atoms with Gasteiger partial charge in [-0.25, -0.2) is 0 Å². The van der Waals surface area contributed by atoms with Crippen LogP contribution in [-0.2, 0) is 16.1 Å². The fraction of sp³-hybridized carbons (Fsp3) is 0.273. The zero-order chi connectivity index (χ0) is 15.3. The van der Waals surface area contributed by atoms with Crippen molar-refractivity contribution in [1.82, 2.24) is 4.90 Å². The number of nitrogens with two attached hydrogens (primary N) is 2. The number of amides is 2. The zero-order valence-corrected chi connectivity index (χ0v) is 11.2. The van der Waals surface area contributed by atoms with Crippen molar-refractivity contribution >= 4 is 29.1 Å². The number of halogens is 1. The van der Waals surface area contributed by atoms with Crippen molar-refractivity contribution in [3.05, 3.63) is 38.9 Å². The molecule has 108 valence electrons. The van der Waals surface area contributed by atoms with Gasteiger partial charge in [-0.2, -0.15) is 0 Å². The van der Waals surface area contributed by atoms with Crippen LogP contribution in [0.3, 0.4) is 0 Å². The lowest BCUT2D eigenvalue weighted by molar-refractivity contribution is -0.384. The highest BCUT2D eigenvalue weighted by Gasteiger charge is 2.16. The van der Waals surface area contributed by atoms with Gasteiger partial charge in [0.05, 0.1) is 18.0 Å². The molecule has 4 N–H and O–H groups in total. The summed E-state index contributed by atoms with van der Waals surface area (Å²) in [5.41, 5.74) is 10.4. The Morgan fingerprint density at radius 3 is 2.25 bits per heavy atom. The predicted octanol–water partition coefficient (Wildman–Crippen LogP) is 0.0208. The van der Waals surface area contributed by atoms with Gasteiger partial charge < -0.3 is 11.5 Å². The first-order valence-electron chi connectivity index (χ1n) is 5.51. The summed E-state index contributed by atoms with van der Waals surface area (Å²) in [6.45, 7) is -0.247. The van der Waals surface area contributed by atoms with Gasteiger partial charge in [0.1, 0.15) is 5.02 Å². The summed E-state index contributed by atoms with van der Waals surface area (Å²) in [5, 5.41) is 10.8. The Morgan fingerprint density at radius 1 is 1.25 bits per heavy atom. The molecule has 0 radical (unpaired) electrons. The van der Waals surface area contributed by atoms with Gasteiger partial charge in [-0.3, -0.25) is 24.6 Å². The van der Waals surface area contributed by atoms with Crippen molar-refractivity contribution in [2.75, 3.05) is 13.1 Å². The Kier molecular flexibility index (Phi) is 5.42. The largest absolute Gasteiger partial charge is 0.369 e. The molecule has 1 aromatic rings. The second-order valence-electron chi connectivity index (χ2n) is 4.12. The van der Waals surface area contributed by atoms with Crippen LogP contribution in [0.4, 0.5) is 5.69 Å². The maximum atomic E-state index is 10.9. The van der Waals surface area contributed by atoms with E-state index in [4.69, 9.17) is 23.1 Å². The van der Waals surface area contributed by atoms with E-state index in [9.17, 15) is 19.7 Å². The van der Waals surface area contributed by atoms with Gasteiger partial charge in [0.25, 0.3) is 5.69 Å². The van der Waals surface area contributed by atoms with E-state index in [0.717, 1.165) is 0 Å². The van der Waals surface area contributed by atoms with Crippen LogP contribution in [0.2, 0.25) is 5.02 Å². The molecule has 8 nitrogen and oxygen atoms in total. The highest BCUT2D eigenvalue weighted by molar-refractivity contribution is 6.32. The molecule has 0 aromatic heterocycles. The summed E-state index contributed by atoms with van der Waals surface area (Å²) in [6.07, 6.45) is 0. The van der Waals surface area contributed by atoms with Crippen molar-refractivity contribution in [3.8, 4) is 0 Å². The van der Waals surface area contributed by atoms with Gasteiger partial charge in [0.2, 0.25) is 11.8 Å². The van der Waals surface area contributed by atoms with Crippen LogP contribution < -0.4 is 11.5 Å². The van der Waals surface area contributed by atoms with Crippen LogP contribution in [0.1, 0.15) is 5.56 Å². The number of carbonyl (C=O) groups is 2. The van der Waals surface area contributed by atoms with Gasteiger partial charge in [-0.05, 0) is 11.6 Å². The van der Waals surface area contributed by atoms with Crippen LogP contribution in [0.15, 0.2) is 18.2 Å². The molecule has 0 saturated heterocycles. The summed E-state index contributed by atoms with van der Waals surface area (Å²) in [5.74, 6) is -1.26. The van der Waals surface area contributed by atoms with Crippen molar-refractivity contribution < 1.29 is 14.5 Å². The number of nitro groups is 1. The van der Waals surface area contributed by atoms with Crippen molar-refractivity contribution in [2.45, 2.75) is 6.54 Å². The van der Waals surface area contributed by atoms with Crippen molar-refractivity contribution in [3.63, 3.8) is 0 Å². The standard InChI is InChI=1S/C11H13ClN4O4/c12-8-2-1-7(3-9(8)16(19)20)4-15(5-10(13)17)6-11(14)18/h1-3H,4-6H2,(H2,13,17)(H2,14,18). The summed E-state index contributed by atoms with van der Waals surface area (Å²) in [6, 6.07) is 4.21. The fourth-order valence-electron chi connectivity index (χ4n) is 1.66. The molecular weight excluding hydrogens is 288 g/mol. The van der Waals surface area contributed by atoms with Gasteiger partial charge in [-0.1, -0.05) is 17.7 Å². The first-order chi connectivity index (χ1) is 9.29. The molecule has 0 fully saturated rings. The molecule has 0 heterocycles. The van der Waals surface area contributed by atoms with Gasteiger partial charge in [0, 0.05) is 12.6 Å². The fourth-order valence-corrected chi connectivity index (χ4v) is 1.85. The second kappa shape index (κ2) is 6.83. The number of benzene rings is 1. The summed E-state index contributed by atoms with van der Waals surface area (Å²) >= 11 is 5.69. The molecule has 0 saturated carbocycles. The number of primary amides is 2. The minimum absolute atomic E-state index is 0.00935. The van der Waals surface area contributed by atoms with Crippen LogP contribution in [-0.4, -0.2) is 34.7 Å². The number of hydrogen-bond acceptors (Lipinski definition) is 5. The molecule has 0 aliphatic rings. The third-order valence-corrected chi connectivity index (χ3v) is 2.69. The molecule has 0 aliphatic carbocycles. The summed E-state index contributed by atoms with van der Waals surface area (Å²) in [4.78, 5) is 33.4. The molecule has 0 bridgehead atoms. The lowest BCUT2D eigenvalue weighted by Gasteiger charge is -2.18. The number of carbonyl (C=O) groups excluding carboxylic acids is 2. The molecule has 1 rings (SSSR count). The Labute approximate surface area is 119 Å². The van der Waals surface area contributed by atoms with Gasteiger partial charge >= 0.3 is 0 Å². The number of rotatable bonds is 7. The molecule has 0 unspecified atom stereocenters. The van der Waals surface area contributed by atoms with E-state index < -0.39 is 16.7 Å². The molecule has 1 aromatic carbocycles. The second-order valence-corrected chi connectivity index (χ2v) is 4.53. The normalized spacial score (nSPS) is 10.5. The Hall–Kier alpha value is -2.19. The first-order valence-corrected chi connectivity index (χ1v) is 5.89. The quantitative estimate of drug-likeness (QED) is 0.541. The van der Waals surface area contributed by atoms with E-state index in [1.807, 2.05) is 0 Å². The SMILES string of the molecule is NC(=O)CN(CC(N)=O)Cc1ccc(Cl)c([N+](=O)[O-])c1. The molecular formula is C11H13ClN4O4. The molecule has 20 heavy (non-hydrogen) atoms. The maximum Gasteiger partial charge on any atom is 0.288 e. The highest BCUT2D eigenvalue weighted by Crippen LogP contribution is 2.25. The summed E-state index contributed by atoms with van der Waals surface area (Å²) < 4.78 is 0. The van der Waals surface area contributed by atoms with E-state index in [0.29, 0.717) is 5.56 Å². The van der Waals surface area contributed by atoms with Crippen molar-refractivity contribution in [1.29, 1.82) is 0 Å². The van der Waals surface area contributed by atoms with E-state index in [-0.39, 0.29) is 30.3 Å². The average molecular weight is 301 g/mol. The molecule has 2 amide bonds. The lowest BCUT2D eigenvalue weighted by atomic mass is 10.2. The van der Waals surface area contributed by atoms with Crippen molar-refractivity contribution in [2.24, 2.45) is 11.5 Å². The van der Waals surface area contributed by atoms with Crippen LogP contribution in [0, 0.1) is 10.1 Å². The molecule has 0 aliphatic heterocycles. The summed E-state index contributed by atoms with van der Waals surface area (Å²) in [7, 11) is 0. The average Bonchev–Trinajstić information content (AvgIpc) is 2.29. The van der Waals surface area contributed by atoms with Crippen LogP contribution in [0.25, 0.3) is 0 Å². The Bertz CT molecular complexity index is 533. The molecule has 0 atom stereocenters. The third kappa shape index (κ3) is 4.82. The number of nitrogens with zero attached hydrogens (tertiary/aromatic N) is 2. The van der Waals surface area contributed by atoms with E-state index in [2.05, 4.69) is 0 Å². The molecule has 0 spiro atoms. The van der Waals surface area contributed by atoms with Gasteiger partial charge in [0.15, 0.2) is 0 Å². The van der Waals surface area contributed by atoms with Crippen LogP contribution >= 0.6 is 11.6 Å². The maximum absolute atomic E-state index is 10.9. The lowest BCUT2D eigenvalue weighted by Crippen LogP contribution is -2.39. The number of nitro benzene ring substituents is 1. The first kappa shape index (κ1) is 15.9. The highest BCUT2D eigenvalue weighted by atomic mass is 35.5. The number of hydrogen-bond donors (Lipinski definition) is 2.